The van der Waals surface area contributed by atoms with Crippen molar-refractivity contribution in [3.05, 3.63) is 0 Å². The molecule has 2 atom stereocenters. The Bertz CT molecular complexity index is 192. The largest absolute Gasteiger partial charge is 0.481 e. The van der Waals surface area contributed by atoms with Gasteiger partial charge >= 0.3 is 5.97 Å². The second kappa shape index (κ2) is 5.32. The van der Waals surface area contributed by atoms with Gasteiger partial charge in [-0.05, 0) is 31.2 Å². The first-order chi connectivity index (χ1) is 6.59. The second-order valence-corrected chi connectivity index (χ2v) is 4.22. The molecule has 0 aliphatic heterocycles. The van der Waals surface area contributed by atoms with Crippen LogP contribution in [0.1, 0.15) is 26.2 Å². The minimum atomic E-state index is -0.949. The van der Waals surface area contributed by atoms with Crippen LogP contribution in [0.15, 0.2) is 0 Å². The molecule has 1 fully saturated rings. The number of carboxylic acids is 1. The van der Waals surface area contributed by atoms with Crippen molar-refractivity contribution in [3.63, 3.8) is 0 Å². The van der Waals surface area contributed by atoms with Gasteiger partial charge in [-0.3, -0.25) is 4.79 Å². The maximum Gasteiger partial charge on any atom is 0.306 e. The average Bonchev–Trinajstić information content (AvgIpc) is 2.84. The number of aliphatic hydroxyl groups is 1. The lowest BCUT2D eigenvalue weighted by Gasteiger charge is -2.13. The molecule has 3 N–H and O–H groups in total. The van der Waals surface area contributed by atoms with Crippen molar-refractivity contribution in [2.24, 2.45) is 11.8 Å². The highest BCUT2D eigenvalue weighted by Crippen LogP contribution is 2.35. The summed E-state index contributed by atoms with van der Waals surface area (Å²) < 4.78 is 0. The lowest BCUT2D eigenvalue weighted by Crippen LogP contribution is -2.32. The Labute approximate surface area is 84.3 Å². The van der Waals surface area contributed by atoms with Crippen LogP contribution >= 0.6 is 0 Å². The Kier molecular flexibility index (Phi) is 4.35. The van der Waals surface area contributed by atoms with Crippen molar-refractivity contribution in [2.45, 2.75) is 32.3 Å². The Balaban J connectivity index is 1.99. The van der Waals surface area contributed by atoms with E-state index in [2.05, 4.69) is 12.2 Å². The predicted octanol–water partition coefficient (Wildman–Crippen LogP) is 0.458. The first-order valence-corrected chi connectivity index (χ1v) is 5.20. The van der Waals surface area contributed by atoms with Gasteiger partial charge in [-0.2, -0.15) is 0 Å². The number of carbonyl (C=O) groups is 1. The highest BCUT2D eigenvalue weighted by molar-refractivity contribution is 5.67. The van der Waals surface area contributed by atoms with Gasteiger partial charge in [-0.1, -0.05) is 6.92 Å². The number of nitrogens with one attached hydrogen (secondary N) is 1. The van der Waals surface area contributed by atoms with Crippen LogP contribution < -0.4 is 5.32 Å². The molecule has 4 nitrogen and oxygen atoms in total. The highest BCUT2D eigenvalue weighted by Gasteiger charge is 2.27. The highest BCUT2D eigenvalue weighted by atomic mass is 16.4. The van der Waals surface area contributed by atoms with Crippen LogP contribution in [0.3, 0.4) is 0 Å². The van der Waals surface area contributed by atoms with Gasteiger partial charge in [-0.25, -0.2) is 0 Å². The molecule has 0 bridgehead atoms. The third-order valence-corrected chi connectivity index (χ3v) is 2.68. The van der Waals surface area contributed by atoms with Crippen molar-refractivity contribution in [1.29, 1.82) is 0 Å². The summed E-state index contributed by atoms with van der Waals surface area (Å²) in [6.07, 6.45) is 1.70. The fourth-order valence-electron chi connectivity index (χ4n) is 1.58. The Morgan fingerprint density at radius 3 is 2.64 bits per heavy atom. The molecule has 0 radical (unpaired) electrons. The molecular formula is C10H19NO3. The number of aliphatic carboxylic acids is 1. The molecule has 0 heterocycles. The molecule has 14 heavy (non-hydrogen) atoms. The van der Waals surface area contributed by atoms with Crippen LogP contribution in [0.25, 0.3) is 0 Å². The van der Waals surface area contributed by atoms with Gasteiger partial charge in [0.15, 0.2) is 0 Å². The van der Waals surface area contributed by atoms with Gasteiger partial charge in [0, 0.05) is 6.54 Å². The van der Waals surface area contributed by atoms with Crippen LogP contribution in [0, 0.1) is 11.8 Å². The lowest BCUT2D eigenvalue weighted by atomic mass is 10.1. The van der Waals surface area contributed by atoms with E-state index in [0.29, 0.717) is 12.5 Å². The molecule has 0 aromatic heterocycles. The number of carboxylic acid groups (broad SMARTS) is 1. The Morgan fingerprint density at radius 2 is 2.14 bits per heavy atom. The molecule has 1 rings (SSSR count). The molecule has 1 aliphatic carbocycles. The smallest absolute Gasteiger partial charge is 0.306 e. The molecule has 1 saturated carbocycles. The van der Waals surface area contributed by atoms with Gasteiger partial charge in [0.25, 0.3) is 0 Å². The SMILES string of the molecule is CC(CNCC(O)CC(=O)O)C1CC1. The molecular weight excluding hydrogens is 182 g/mol. The molecule has 0 aromatic rings. The number of aliphatic hydroxyl groups excluding tert-OH is 1. The Hall–Kier alpha value is -0.610. The zero-order chi connectivity index (χ0) is 10.6. The summed E-state index contributed by atoms with van der Waals surface area (Å²) in [7, 11) is 0. The van der Waals surface area contributed by atoms with E-state index in [9.17, 15) is 9.90 Å². The van der Waals surface area contributed by atoms with Crippen LogP contribution in [0.2, 0.25) is 0 Å². The standard InChI is InChI=1S/C10H19NO3/c1-7(8-2-3-8)5-11-6-9(12)4-10(13)14/h7-9,11-12H,2-6H2,1H3,(H,13,14). The second-order valence-electron chi connectivity index (χ2n) is 4.22. The minimum absolute atomic E-state index is 0.176. The van der Waals surface area contributed by atoms with Gasteiger partial charge in [-0.15, -0.1) is 0 Å². The maximum atomic E-state index is 10.2. The van der Waals surface area contributed by atoms with Crippen molar-refractivity contribution in [3.8, 4) is 0 Å². The average molecular weight is 201 g/mol. The van der Waals surface area contributed by atoms with E-state index in [0.717, 1.165) is 12.5 Å². The van der Waals surface area contributed by atoms with Crippen molar-refractivity contribution < 1.29 is 15.0 Å². The van der Waals surface area contributed by atoms with E-state index in [1.165, 1.54) is 12.8 Å². The number of hydrogen-bond acceptors (Lipinski definition) is 3. The van der Waals surface area contributed by atoms with Crippen molar-refractivity contribution in [2.75, 3.05) is 13.1 Å². The summed E-state index contributed by atoms with van der Waals surface area (Å²) >= 11 is 0. The Morgan fingerprint density at radius 1 is 1.50 bits per heavy atom. The molecule has 0 amide bonds. The zero-order valence-electron chi connectivity index (χ0n) is 8.57. The minimum Gasteiger partial charge on any atom is -0.481 e. The third kappa shape index (κ3) is 4.58. The zero-order valence-corrected chi connectivity index (χ0v) is 8.57. The molecule has 0 spiro atoms. The van der Waals surface area contributed by atoms with E-state index < -0.39 is 12.1 Å². The fourth-order valence-corrected chi connectivity index (χ4v) is 1.58. The summed E-state index contributed by atoms with van der Waals surface area (Å²) in [5.74, 6) is 0.542. The lowest BCUT2D eigenvalue weighted by molar-refractivity contribution is -0.139. The number of rotatable bonds is 7. The van der Waals surface area contributed by atoms with E-state index >= 15 is 0 Å². The van der Waals surface area contributed by atoms with E-state index in [4.69, 9.17) is 5.11 Å². The van der Waals surface area contributed by atoms with Crippen LogP contribution in [0.4, 0.5) is 0 Å². The summed E-state index contributed by atoms with van der Waals surface area (Å²) in [5.41, 5.74) is 0. The third-order valence-electron chi connectivity index (χ3n) is 2.68. The molecule has 82 valence electrons. The van der Waals surface area contributed by atoms with Crippen LogP contribution in [-0.2, 0) is 4.79 Å². The van der Waals surface area contributed by atoms with Gasteiger partial charge in [0.1, 0.15) is 0 Å². The maximum absolute atomic E-state index is 10.2. The van der Waals surface area contributed by atoms with E-state index in [-0.39, 0.29) is 6.42 Å². The first kappa shape index (κ1) is 11.5. The van der Waals surface area contributed by atoms with Gasteiger partial charge in [0.2, 0.25) is 0 Å². The molecule has 1 aliphatic rings. The van der Waals surface area contributed by atoms with E-state index in [1.54, 1.807) is 0 Å². The molecule has 0 saturated heterocycles. The van der Waals surface area contributed by atoms with Gasteiger partial charge < -0.3 is 15.5 Å². The topological polar surface area (TPSA) is 69.6 Å². The van der Waals surface area contributed by atoms with Gasteiger partial charge in [0.05, 0.1) is 12.5 Å². The number of hydrogen-bond donors (Lipinski definition) is 3. The summed E-state index contributed by atoms with van der Waals surface area (Å²) in [6, 6.07) is 0. The summed E-state index contributed by atoms with van der Waals surface area (Å²) in [6.45, 7) is 3.44. The van der Waals surface area contributed by atoms with E-state index in [1.807, 2.05) is 0 Å². The van der Waals surface area contributed by atoms with Crippen LogP contribution in [-0.4, -0.2) is 35.4 Å². The molecule has 0 aromatic carbocycles. The van der Waals surface area contributed by atoms with Crippen molar-refractivity contribution in [1.82, 2.24) is 5.32 Å². The molecule has 4 heteroatoms. The predicted molar refractivity (Wildman–Crippen MR) is 53.0 cm³/mol. The molecule has 2 unspecified atom stereocenters. The van der Waals surface area contributed by atoms with Crippen LogP contribution in [0.5, 0.6) is 0 Å². The summed E-state index contributed by atoms with van der Waals surface area (Å²) in [4.78, 5) is 10.2. The quantitative estimate of drug-likeness (QED) is 0.559. The van der Waals surface area contributed by atoms with Crippen molar-refractivity contribution >= 4 is 5.97 Å². The first-order valence-electron chi connectivity index (χ1n) is 5.20. The summed E-state index contributed by atoms with van der Waals surface area (Å²) in [5, 5.41) is 20.7. The monoisotopic (exact) mass is 201 g/mol. The normalized spacial score (nSPS) is 20.4. The fraction of sp³-hybridized carbons (Fsp3) is 0.900.